The van der Waals surface area contributed by atoms with Crippen molar-refractivity contribution in [2.75, 3.05) is 20.1 Å². The number of likely N-dealkylation sites (tertiary alicyclic amines) is 1. The minimum absolute atomic E-state index is 0.0134. The van der Waals surface area contributed by atoms with Gasteiger partial charge in [-0.3, -0.25) is 9.69 Å². The van der Waals surface area contributed by atoms with Gasteiger partial charge < -0.3 is 9.74 Å². The average Bonchev–Trinajstić information content (AvgIpc) is 3.21. The first-order chi connectivity index (χ1) is 11.9. The van der Waals surface area contributed by atoms with Crippen LogP contribution in [0.1, 0.15) is 44.7 Å². The molecule has 5 heteroatoms. The van der Waals surface area contributed by atoms with Gasteiger partial charge in [0.25, 0.3) is 5.91 Å². The molecule has 0 N–H and O–H groups in total. The molecule has 0 bridgehead atoms. The lowest BCUT2D eigenvalue weighted by Gasteiger charge is -2.23. The molecule has 25 heavy (non-hydrogen) atoms. The minimum atomic E-state index is -0.313. The number of amides is 1. The highest BCUT2D eigenvalue weighted by atomic mass is 16.7. The van der Waals surface area contributed by atoms with E-state index in [4.69, 9.17) is 4.84 Å². The van der Waals surface area contributed by atoms with Crippen molar-refractivity contribution in [3.05, 3.63) is 35.4 Å². The van der Waals surface area contributed by atoms with E-state index in [1.54, 1.807) is 4.90 Å². The first-order valence-corrected chi connectivity index (χ1v) is 9.25. The van der Waals surface area contributed by atoms with E-state index in [2.05, 4.69) is 41.2 Å². The monoisotopic (exact) mass is 343 g/mol. The fraction of sp³-hybridized carbons (Fsp3) is 0.600. The zero-order valence-electron chi connectivity index (χ0n) is 15.8. The molecule has 0 aliphatic carbocycles. The number of carbonyl (C=O) groups excluding carboxylic acids is 1. The Hall–Kier alpha value is -1.88. The Kier molecular flexibility index (Phi) is 5.13. The minimum Gasteiger partial charge on any atom is -0.387 e. The maximum Gasteiger partial charge on any atom is 0.271 e. The van der Waals surface area contributed by atoms with Crippen LogP contribution >= 0.6 is 0 Å². The Morgan fingerprint density at radius 3 is 2.64 bits per heavy atom. The summed E-state index contributed by atoms with van der Waals surface area (Å²) in [6, 6.07) is 8.99. The third-order valence-corrected chi connectivity index (χ3v) is 5.41. The molecule has 2 aliphatic rings. The van der Waals surface area contributed by atoms with E-state index in [0.29, 0.717) is 12.1 Å². The highest BCUT2D eigenvalue weighted by molar-refractivity contribution is 6.39. The quantitative estimate of drug-likeness (QED) is 0.826. The van der Waals surface area contributed by atoms with Crippen LogP contribution in [0.25, 0.3) is 0 Å². The fourth-order valence-corrected chi connectivity index (χ4v) is 3.49. The molecule has 1 fully saturated rings. The van der Waals surface area contributed by atoms with Crippen LogP contribution in [-0.2, 0) is 22.6 Å². The zero-order valence-corrected chi connectivity index (χ0v) is 15.8. The Labute approximate surface area is 150 Å². The van der Waals surface area contributed by atoms with Crippen LogP contribution in [0.4, 0.5) is 0 Å². The maximum absolute atomic E-state index is 12.5. The highest BCUT2D eigenvalue weighted by Crippen LogP contribution is 2.34. The molecule has 0 unspecified atom stereocenters. The van der Waals surface area contributed by atoms with Crippen LogP contribution in [0.2, 0.25) is 0 Å². The number of nitrogens with zero attached hydrogens (tertiary/aromatic N) is 3. The van der Waals surface area contributed by atoms with E-state index in [1.807, 2.05) is 20.9 Å². The number of hydrogen-bond acceptors (Lipinski definition) is 4. The third kappa shape index (κ3) is 3.87. The van der Waals surface area contributed by atoms with Crippen molar-refractivity contribution < 1.29 is 9.63 Å². The Balaban J connectivity index is 1.57. The number of rotatable bonds is 5. The number of aryl methyl sites for hydroxylation is 1. The molecule has 5 nitrogen and oxygen atoms in total. The summed E-state index contributed by atoms with van der Waals surface area (Å²) < 4.78 is 0. The van der Waals surface area contributed by atoms with Gasteiger partial charge in [0.05, 0.1) is 0 Å². The van der Waals surface area contributed by atoms with Crippen molar-refractivity contribution in [1.29, 1.82) is 0 Å². The summed E-state index contributed by atoms with van der Waals surface area (Å²) >= 11 is 0. The predicted molar refractivity (Wildman–Crippen MR) is 99.5 cm³/mol. The smallest absolute Gasteiger partial charge is 0.271 e. The van der Waals surface area contributed by atoms with Gasteiger partial charge in [0.15, 0.2) is 5.60 Å². The van der Waals surface area contributed by atoms with Gasteiger partial charge in [0, 0.05) is 45.6 Å². The second-order valence-corrected chi connectivity index (χ2v) is 7.63. The van der Waals surface area contributed by atoms with Crippen molar-refractivity contribution in [2.24, 2.45) is 5.16 Å². The van der Waals surface area contributed by atoms with E-state index in [0.717, 1.165) is 32.5 Å². The summed E-state index contributed by atoms with van der Waals surface area (Å²) in [4.78, 5) is 22.4. The average molecular weight is 343 g/mol. The lowest BCUT2D eigenvalue weighted by molar-refractivity contribution is -0.124. The van der Waals surface area contributed by atoms with Gasteiger partial charge in [-0.15, -0.1) is 0 Å². The number of carbonyl (C=O) groups is 1. The van der Waals surface area contributed by atoms with Crippen LogP contribution in [0, 0.1) is 0 Å². The van der Waals surface area contributed by atoms with E-state index < -0.39 is 0 Å². The Morgan fingerprint density at radius 2 is 2.00 bits per heavy atom. The molecule has 0 aromatic heterocycles. The van der Waals surface area contributed by atoms with Crippen LogP contribution in [-0.4, -0.2) is 53.2 Å². The molecular formula is C20H29N3O2. The normalized spacial score (nSPS) is 23.2. The van der Waals surface area contributed by atoms with Crippen molar-refractivity contribution in [1.82, 2.24) is 9.80 Å². The largest absolute Gasteiger partial charge is 0.387 e. The van der Waals surface area contributed by atoms with E-state index >= 15 is 0 Å². The molecule has 0 saturated carbocycles. The summed E-state index contributed by atoms with van der Waals surface area (Å²) in [6.07, 6.45) is 2.61. The number of benzene rings is 1. The van der Waals surface area contributed by atoms with Gasteiger partial charge in [-0.1, -0.05) is 36.3 Å². The van der Waals surface area contributed by atoms with Crippen molar-refractivity contribution in [3.63, 3.8) is 0 Å². The molecule has 1 saturated heterocycles. The highest BCUT2D eigenvalue weighted by Gasteiger charge is 2.47. The molecule has 3 rings (SSSR count). The molecule has 1 spiro atoms. The number of oxime groups is 1. The van der Waals surface area contributed by atoms with Gasteiger partial charge in [-0.2, -0.15) is 0 Å². The second kappa shape index (κ2) is 7.16. The predicted octanol–water partition coefficient (Wildman–Crippen LogP) is 2.84. The van der Waals surface area contributed by atoms with E-state index in [-0.39, 0.29) is 17.6 Å². The van der Waals surface area contributed by atoms with E-state index in [9.17, 15) is 4.79 Å². The summed E-state index contributed by atoms with van der Waals surface area (Å²) in [7, 11) is 1.82. The molecule has 0 radical (unpaired) electrons. The van der Waals surface area contributed by atoms with Crippen molar-refractivity contribution in [3.8, 4) is 0 Å². The van der Waals surface area contributed by atoms with Gasteiger partial charge in [-0.25, -0.2) is 0 Å². The first kappa shape index (κ1) is 17.9. The van der Waals surface area contributed by atoms with Crippen LogP contribution < -0.4 is 0 Å². The molecule has 1 amide bonds. The summed E-state index contributed by atoms with van der Waals surface area (Å²) in [5.41, 5.74) is 2.94. The summed E-state index contributed by atoms with van der Waals surface area (Å²) in [5.74, 6) is -0.0134. The fourth-order valence-electron chi connectivity index (χ4n) is 3.49. The van der Waals surface area contributed by atoms with Gasteiger partial charge >= 0.3 is 0 Å². The zero-order chi connectivity index (χ0) is 18.0. The summed E-state index contributed by atoms with van der Waals surface area (Å²) in [6.45, 7) is 8.91. The standard InChI is InChI=1S/C20H29N3O2/c1-5-16-6-8-17(9-7-16)13-23-11-10-20(14-23)12-18(21-25-20)19(24)22(4)15(2)3/h6-9,15H,5,10-14H2,1-4H3/t20-/m0/s1. The van der Waals surface area contributed by atoms with Crippen LogP contribution in [0.15, 0.2) is 29.4 Å². The second-order valence-electron chi connectivity index (χ2n) is 7.63. The van der Waals surface area contributed by atoms with Gasteiger partial charge in [0.1, 0.15) is 5.71 Å². The van der Waals surface area contributed by atoms with Gasteiger partial charge in [0.2, 0.25) is 0 Å². The van der Waals surface area contributed by atoms with E-state index in [1.165, 1.54) is 11.1 Å². The van der Waals surface area contributed by atoms with Crippen molar-refractivity contribution >= 4 is 11.6 Å². The molecule has 1 aromatic carbocycles. The SMILES string of the molecule is CCc1ccc(CN2CC[C@]3(CC(C(=O)N(C)C(C)C)=NO3)C2)cc1. The maximum atomic E-state index is 12.5. The Bertz CT molecular complexity index is 653. The first-order valence-electron chi connectivity index (χ1n) is 9.25. The van der Waals surface area contributed by atoms with Crippen LogP contribution in [0.3, 0.4) is 0 Å². The lowest BCUT2D eigenvalue weighted by Crippen LogP contribution is -2.40. The van der Waals surface area contributed by atoms with Gasteiger partial charge in [-0.05, 0) is 31.4 Å². The Morgan fingerprint density at radius 1 is 1.32 bits per heavy atom. The van der Waals surface area contributed by atoms with Crippen LogP contribution in [0.5, 0.6) is 0 Å². The summed E-state index contributed by atoms with van der Waals surface area (Å²) in [5, 5.41) is 4.14. The third-order valence-electron chi connectivity index (χ3n) is 5.41. The topological polar surface area (TPSA) is 45.1 Å². The molecule has 2 heterocycles. The molecule has 1 aromatic rings. The molecule has 2 aliphatic heterocycles. The molecule has 1 atom stereocenters. The lowest BCUT2D eigenvalue weighted by atomic mass is 9.96. The molecular weight excluding hydrogens is 314 g/mol. The van der Waals surface area contributed by atoms with Crippen molar-refractivity contribution in [2.45, 2.75) is 58.2 Å². The molecule has 136 valence electrons. The number of hydrogen-bond donors (Lipinski definition) is 0.